The van der Waals surface area contributed by atoms with Crippen molar-refractivity contribution in [2.24, 2.45) is 7.05 Å². The van der Waals surface area contributed by atoms with Crippen LogP contribution in [0.15, 0.2) is 36.7 Å². The number of urea groups is 1. The van der Waals surface area contributed by atoms with Crippen molar-refractivity contribution >= 4 is 6.03 Å². The van der Waals surface area contributed by atoms with Crippen molar-refractivity contribution in [2.75, 3.05) is 13.1 Å². The summed E-state index contributed by atoms with van der Waals surface area (Å²) in [5.74, 6) is 0. The van der Waals surface area contributed by atoms with Crippen LogP contribution in [0.3, 0.4) is 0 Å². The summed E-state index contributed by atoms with van der Waals surface area (Å²) in [5, 5.41) is 16.8. The average molecular weight is 314 g/mol. The van der Waals surface area contributed by atoms with Gasteiger partial charge in [-0.25, -0.2) is 4.79 Å². The van der Waals surface area contributed by atoms with Crippen LogP contribution in [-0.2, 0) is 13.6 Å². The number of piperidine rings is 1. The number of nitrogens with zero attached hydrogens (tertiary/aromatic N) is 3. The highest BCUT2D eigenvalue weighted by Gasteiger charge is 2.21. The Morgan fingerprint density at radius 1 is 1.43 bits per heavy atom. The van der Waals surface area contributed by atoms with Crippen LogP contribution >= 0.6 is 0 Å². The van der Waals surface area contributed by atoms with E-state index in [9.17, 15) is 9.90 Å². The summed E-state index contributed by atoms with van der Waals surface area (Å²) < 4.78 is 1.77. The Morgan fingerprint density at radius 3 is 3.04 bits per heavy atom. The second-order valence-corrected chi connectivity index (χ2v) is 6.00. The SMILES string of the molecule is Cn1cc(-c2cccc(CNC(=O)N3CCCC(O)C3)c2)cn1. The minimum absolute atomic E-state index is 0.115. The maximum atomic E-state index is 12.2. The van der Waals surface area contributed by atoms with Gasteiger partial charge in [0.05, 0.1) is 12.3 Å². The fraction of sp³-hybridized carbons (Fsp3) is 0.412. The van der Waals surface area contributed by atoms with Crippen molar-refractivity contribution in [3.63, 3.8) is 0 Å². The van der Waals surface area contributed by atoms with Crippen molar-refractivity contribution in [3.05, 3.63) is 42.2 Å². The molecular formula is C17H22N4O2. The maximum Gasteiger partial charge on any atom is 0.317 e. The number of benzene rings is 1. The van der Waals surface area contributed by atoms with Crippen molar-refractivity contribution in [1.29, 1.82) is 0 Å². The molecule has 122 valence electrons. The molecule has 1 aliphatic heterocycles. The van der Waals surface area contributed by atoms with Gasteiger partial charge in [-0.05, 0) is 30.0 Å². The lowest BCUT2D eigenvalue weighted by atomic mass is 10.1. The van der Waals surface area contributed by atoms with Gasteiger partial charge in [0.15, 0.2) is 0 Å². The van der Waals surface area contributed by atoms with Crippen molar-refractivity contribution in [3.8, 4) is 11.1 Å². The van der Waals surface area contributed by atoms with E-state index in [0.29, 0.717) is 19.6 Å². The number of nitrogens with one attached hydrogen (secondary N) is 1. The minimum Gasteiger partial charge on any atom is -0.391 e. The van der Waals surface area contributed by atoms with Gasteiger partial charge in [0.2, 0.25) is 0 Å². The summed E-state index contributed by atoms with van der Waals surface area (Å²) in [7, 11) is 1.89. The molecule has 1 saturated heterocycles. The number of likely N-dealkylation sites (tertiary alicyclic amines) is 1. The average Bonchev–Trinajstić information content (AvgIpc) is 2.99. The molecule has 2 amide bonds. The number of rotatable bonds is 3. The molecule has 6 heteroatoms. The van der Waals surface area contributed by atoms with Gasteiger partial charge in [0, 0.05) is 38.4 Å². The first-order chi connectivity index (χ1) is 11.1. The number of aryl methyl sites for hydroxylation is 1. The van der Waals surface area contributed by atoms with Crippen molar-refractivity contribution in [2.45, 2.75) is 25.5 Å². The molecule has 23 heavy (non-hydrogen) atoms. The standard InChI is InChI=1S/C17H22N4O2/c1-20-11-15(10-19-20)14-5-2-4-13(8-14)9-18-17(23)21-7-3-6-16(22)12-21/h2,4-5,8,10-11,16,22H,3,6-7,9,12H2,1H3,(H,18,23). The molecule has 2 N–H and O–H groups in total. The molecule has 2 heterocycles. The highest BCUT2D eigenvalue weighted by molar-refractivity contribution is 5.74. The lowest BCUT2D eigenvalue weighted by molar-refractivity contribution is 0.0842. The van der Waals surface area contributed by atoms with Gasteiger partial charge in [0.25, 0.3) is 0 Å². The van der Waals surface area contributed by atoms with E-state index in [1.54, 1.807) is 9.58 Å². The third-order valence-corrected chi connectivity index (χ3v) is 4.09. The van der Waals surface area contributed by atoms with Crippen molar-refractivity contribution in [1.82, 2.24) is 20.0 Å². The summed E-state index contributed by atoms with van der Waals surface area (Å²) >= 11 is 0. The van der Waals surface area contributed by atoms with Crippen molar-refractivity contribution < 1.29 is 9.90 Å². The van der Waals surface area contributed by atoms with E-state index in [2.05, 4.69) is 16.5 Å². The van der Waals surface area contributed by atoms with E-state index in [1.807, 2.05) is 37.6 Å². The Kier molecular flexibility index (Phi) is 4.62. The first kappa shape index (κ1) is 15.6. The van der Waals surface area contributed by atoms with Gasteiger partial charge in [0.1, 0.15) is 0 Å². The van der Waals surface area contributed by atoms with Gasteiger partial charge < -0.3 is 15.3 Å². The normalized spacial score (nSPS) is 18.0. The molecule has 0 radical (unpaired) electrons. The molecule has 1 unspecified atom stereocenters. The molecule has 0 bridgehead atoms. The monoisotopic (exact) mass is 314 g/mol. The van der Waals surface area contributed by atoms with E-state index < -0.39 is 6.10 Å². The number of carbonyl (C=O) groups excluding carboxylic acids is 1. The van der Waals surface area contributed by atoms with Gasteiger partial charge in [-0.1, -0.05) is 18.2 Å². The highest BCUT2D eigenvalue weighted by Crippen LogP contribution is 2.19. The second kappa shape index (κ2) is 6.83. The van der Waals surface area contributed by atoms with Gasteiger partial charge in [-0.15, -0.1) is 0 Å². The van der Waals surface area contributed by atoms with E-state index >= 15 is 0 Å². The highest BCUT2D eigenvalue weighted by atomic mass is 16.3. The van der Waals surface area contributed by atoms with Crippen LogP contribution in [0, 0.1) is 0 Å². The van der Waals surface area contributed by atoms with E-state index in [1.165, 1.54) is 0 Å². The van der Waals surface area contributed by atoms with Crippen LogP contribution in [0.25, 0.3) is 11.1 Å². The molecule has 0 spiro atoms. The lowest BCUT2D eigenvalue weighted by Crippen LogP contribution is -2.46. The summed E-state index contributed by atoms with van der Waals surface area (Å²) in [4.78, 5) is 13.8. The topological polar surface area (TPSA) is 70.4 Å². The van der Waals surface area contributed by atoms with Crippen LogP contribution < -0.4 is 5.32 Å². The zero-order chi connectivity index (χ0) is 16.2. The first-order valence-corrected chi connectivity index (χ1v) is 7.90. The molecular weight excluding hydrogens is 292 g/mol. The third-order valence-electron chi connectivity index (χ3n) is 4.09. The summed E-state index contributed by atoms with van der Waals surface area (Å²) in [5.41, 5.74) is 3.18. The predicted molar refractivity (Wildman–Crippen MR) is 87.7 cm³/mol. The van der Waals surface area contributed by atoms with E-state index in [4.69, 9.17) is 0 Å². The van der Waals surface area contributed by atoms with Crippen LogP contribution in [-0.4, -0.2) is 45.0 Å². The maximum absolute atomic E-state index is 12.2. The number of hydrogen-bond donors (Lipinski definition) is 2. The zero-order valence-electron chi connectivity index (χ0n) is 13.3. The Morgan fingerprint density at radius 2 is 2.30 bits per heavy atom. The van der Waals surface area contributed by atoms with E-state index in [0.717, 1.165) is 29.5 Å². The molecule has 2 aromatic rings. The first-order valence-electron chi connectivity index (χ1n) is 7.90. The third kappa shape index (κ3) is 3.90. The van der Waals surface area contributed by atoms with Crippen LogP contribution in [0.2, 0.25) is 0 Å². The molecule has 1 fully saturated rings. The fourth-order valence-corrected chi connectivity index (χ4v) is 2.86. The predicted octanol–water partition coefficient (Wildman–Crippen LogP) is 1.75. The van der Waals surface area contributed by atoms with Crippen LogP contribution in [0.5, 0.6) is 0 Å². The van der Waals surface area contributed by atoms with E-state index in [-0.39, 0.29) is 6.03 Å². The zero-order valence-corrected chi connectivity index (χ0v) is 13.3. The molecule has 1 aromatic heterocycles. The molecule has 1 aromatic carbocycles. The number of hydrogen-bond acceptors (Lipinski definition) is 3. The Hall–Kier alpha value is -2.34. The molecule has 0 aliphatic carbocycles. The molecule has 6 nitrogen and oxygen atoms in total. The number of aromatic nitrogens is 2. The summed E-state index contributed by atoms with van der Waals surface area (Å²) in [6.07, 6.45) is 5.02. The number of aliphatic hydroxyl groups is 1. The fourth-order valence-electron chi connectivity index (χ4n) is 2.86. The molecule has 1 atom stereocenters. The number of β-amino-alcohol motifs (C(OH)–C–C–N with tert-alkyl or cyclic N) is 1. The summed E-state index contributed by atoms with van der Waals surface area (Å²) in [6, 6.07) is 7.95. The number of aliphatic hydroxyl groups excluding tert-OH is 1. The van der Waals surface area contributed by atoms with Gasteiger partial charge in [-0.3, -0.25) is 4.68 Å². The van der Waals surface area contributed by atoms with Crippen LogP contribution in [0.4, 0.5) is 4.79 Å². The van der Waals surface area contributed by atoms with Gasteiger partial charge in [-0.2, -0.15) is 5.10 Å². The number of amides is 2. The molecule has 0 saturated carbocycles. The lowest BCUT2D eigenvalue weighted by Gasteiger charge is -2.30. The quantitative estimate of drug-likeness (QED) is 0.907. The largest absolute Gasteiger partial charge is 0.391 e. The molecule has 1 aliphatic rings. The summed E-state index contributed by atoms with van der Waals surface area (Å²) in [6.45, 7) is 1.60. The number of carbonyl (C=O) groups is 1. The Balaban J connectivity index is 1.61. The molecule has 3 rings (SSSR count). The second-order valence-electron chi connectivity index (χ2n) is 6.00. The van der Waals surface area contributed by atoms with Gasteiger partial charge >= 0.3 is 6.03 Å². The Bertz CT molecular complexity index is 683. The van der Waals surface area contributed by atoms with Crippen LogP contribution in [0.1, 0.15) is 18.4 Å². The Labute approximate surface area is 135 Å². The minimum atomic E-state index is -0.400. The smallest absolute Gasteiger partial charge is 0.317 e.